The van der Waals surface area contributed by atoms with E-state index >= 15 is 0 Å². The molecule has 3 atom stereocenters. The van der Waals surface area contributed by atoms with Crippen molar-refractivity contribution in [3.8, 4) is 0 Å². The summed E-state index contributed by atoms with van der Waals surface area (Å²) in [5, 5.41) is 0. The van der Waals surface area contributed by atoms with Gasteiger partial charge in [-0.1, -0.05) is 0 Å². The number of hydrogen-bond donors (Lipinski definition) is 0. The van der Waals surface area contributed by atoms with Gasteiger partial charge in [0.05, 0.1) is 0 Å². The number of rotatable bonds is 4. The van der Waals surface area contributed by atoms with Gasteiger partial charge in [0.2, 0.25) is 0 Å². The number of allylic oxidation sites excluding steroid dienone is 6. The summed E-state index contributed by atoms with van der Waals surface area (Å²) in [5.74, 6) is 2.71. The van der Waals surface area contributed by atoms with Crippen LogP contribution in [0.2, 0.25) is 3.17 Å². The van der Waals surface area contributed by atoms with Crippen molar-refractivity contribution in [2.75, 3.05) is 0 Å². The molecule has 0 heterocycles. The van der Waals surface area contributed by atoms with E-state index < -0.39 is 22.9 Å². The molecule has 0 N–H and O–H groups in total. The van der Waals surface area contributed by atoms with E-state index in [1.165, 1.54) is 32.1 Å². The van der Waals surface area contributed by atoms with Crippen LogP contribution in [0.4, 0.5) is 0 Å². The SMILES string of the molecule is CC1=C(C)C(C)(C)[C]([Hf][C]2(CC(C)C)C=CC3CCCCC32)=C1C. The van der Waals surface area contributed by atoms with Crippen molar-refractivity contribution >= 4 is 0 Å². The van der Waals surface area contributed by atoms with Crippen LogP contribution in [0.25, 0.3) is 0 Å². The van der Waals surface area contributed by atoms with Gasteiger partial charge in [-0.2, -0.15) is 0 Å². The fourth-order valence-electron chi connectivity index (χ4n) is 5.61. The summed E-state index contributed by atoms with van der Waals surface area (Å²) in [6.07, 6.45) is 12.8. The Kier molecular flexibility index (Phi) is 5.25. The first-order valence-corrected chi connectivity index (χ1v) is 13.7. The molecule has 1 saturated carbocycles. The summed E-state index contributed by atoms with van der Waals surface area (Å²) in [4.78, 5) is 0. The van der Waals surface area contributed by atoms with E-state index in [4.69, 9.17) is 0 Å². The van der Waals surface area contributed by atoms with Crippen LogP contribution in [0.3, 0.4) is 0 Å². The monoisotopic (exact) mass is 492 g/mol. The van der Waals surface area contributed by atoms with Crippen LogP contribution >= 0.6 is 0 Å². The zero-order valence-corrected chi connectivity index (χ0v) is 20.5. The molecule has 0 spiro atoms. The standard InChI is InChI=1S/C13H21.C10H15.Hf/c1-10(2)9-12-8-7-11-5-3-4-6-13(11)12;1-7-6-10(4,5)9(3)8(7)2;/h7-8,10-11,13H,3-6,9H2,1-2H3;1-5H3;. The molecule has 1 fully saturated rings. The average Bonchev–Trinajstić information content (AvgIpc) is 2.94. The number of hydrogen-bond acceptors (Lipinski definition) is 0. The summed E-state index contributed by atoms with van der Waals surface area (Å²) >= 11 is -0.956. The molecule has 0 radical (unpaired) electrons. The molecule has 0 aromatic rings. The average molecular weight is 491 g/mol. The van der Waals surface area contributed by atoms with Crippen LogP contribution < -0.4 is 0 Å². The molecule has 0 nitrogen and oxygen atoms in total. The maximum absolute atomic E-state index is 2.76. The third-order valence-corrected chi connectivity index (χ3v) is 16.1. The van der Waals surface area contributed by atoms with Gasteiger partial charge in [-0.25, -0.2) is 0 Å². The molecule has 1 heteroatoms. The molecule has 0 amide bonds. The van der Waals surface area contributed by atoms with Crippen molar-refractivity contribution in [1.29, 1.82) is 0 Å². The van der Waals surface area contributed by atoms with E-state index in [1.54, 1.807) is 16.7 Å². The summed E-state index contributed by atoms with van der Waals surface area (Å²) in [5.41, 5.74) is 5.26. The molecule has 0 aliphatic heterocycles. The molecule has 132 valence electrons. The molecule has 0 aromatic heterocycles. The van der Waals surface area contributed by atoms with E-state index in [-0.39, 0.29) is 0 Å². The van der Waals surface area contributed by atoms with E-state index in [1.807, 2.05) is 3.33 Å². The van der Waals surface area contributed by atoms with Crippen LogP contribution in [0.15, 0.2) is 32.2 Å². The van der Waals surface area contributed by atoms with Crippen LogP contribution in [0, 0.1) is 23.2 Å². The first-order chi connectivity index (χ1) is 11.2. The van der Waals surface area contributed by atoms with Crippen molar-refractivity contribution < 1.29 is 22.9 Å². The summed E-state index contributed by atoms with van der Waals surface area (Å²) in [7, 11) is 0. The Hall–Kier alpha value is 0.0901. The molecule has 3 rings (SSSR count). The first kappa shape index (κ1) is 18.9. The van der Waals surface area contributed by atoms with Gasteiger partial charge in [0.25, 0.3) is 0 Å². The van der Waals surface area contributed by atoms with Crippen molar-refractivity contribution in [3.63, 3.8) is 0 Å². The van der Waals surface area contributed by atoms with Gasteiger partial charge >= 0.3 is 162 Å². The predicted octanol–water partition coefficient (Wildman–Crippen LogP) is 7.30. The maximum atomic E-state index is 2.76. The van der Waals surface area contributed by atoms with Crippen molar-refractivity contribution in [2.45, 2.75) is 83.7 Å². The molecule has 0 saturated heterocycles. The fraction of sp³-hybridized carbons (Fsp3) is 0.739. The van der Waals surface area contributed by atoms with E-state index in [0.29, 0.717) is 8.59 Å². The molecular weight excluding hydrogens is 455 g/mol. The van der Waals surface area contributed by atoms with Crippen LogP contribution in [0.1, 0.15) is 80.6 Å². The molecule has 3 unspecified atom stereocenters. The third-order valence-electron chi connectivity index (χ3n) is 7.29. The molecule has 24 heavy (non-hydrogen) atoms. The quantitative estimate of drug-likeness (QED) is 0.286. The normalized spacial score (nSPS) is 35.2. The third kappa shape index (κ3) is 3.01. The van der Waals surface area contributed by atoms with Crippen molar-refractivity contribution in [2.24, 2.45) is 23.2 Å². The Morgan fingerprint density at radius 3 is 2.33 bits per heavy atom. The summed E-state index contributed by atoms with van der Waals surface area (Å²) in [6, 6.07) is 0. The zero-order valence-electron chi connectivity index (χ0n) is 16.9. The van der Waals surface area contributed by atoms with E-state index in [9.17, 15) is 0 Å². The summed E-state index contributed by atoms with van der Waals surface area (Å²) in [6.45, 7) is 17.1. The van der Waals surface area contributed by atoms with Gasteiger partial charge in [0, 0.05) is 0 Å². The second-order valence-electron chi connectivity index (χ2n) is 9.55. The minimum atomic E-state index is -0.956. The van der Waals surface area contributed by atoms with Crippen LogP contribution in [-0.4, -0.2) is 0 Å². The fourth-order valence-corrected chi connectivity index (χ4v) is 14.9. The summed E-state index contributed by atoms with van der Waals surface area (Å²) < 4.78 is 2.53. The zero-order chi connectivity index (χ0) is 17.7. The Bertz CT molecular complexity index is 602. The van der Waals surface area contributed by atoms with Gasteiger partial charge in [-0.3, -0.25) is 0 Å². The van der Waals surface area contributed by atoms with Gasteiger partial charge in [0.1, 0.15) is 0 Å². The molecular formula is C23H36Hf. The van der Waals surface area contributed by atoms with E-state index in [0.717, 1.165) is 17.8 Å². The second-order valence-corrected chi connectivity index (χ2v) is 15.6. The molecule has 3 aliphatic rings. The van der Waals surface area contributed by atoms with Gasteiger partial charge in [0.15, 0.2) is 0 Å². The Labute approximate surface area is 161 Å². The predicted molar refractivity (Wildman–Crippen MR) is 102 cm³/mol. The van der Waals surface area contributed by atoms with E-state index in [2.05, 4.69) is 60.6 Å². The topological polar surface area (TPSA) is 0 Å². The van der Waals surface area contributed by atoms with Crippen molar-refractivity contribution in [3.05, 3.63) is 32.2 Å². The van der Waals surface area contributed by atoms with Crippen LogP contribution in [-0.2, 0) is 22.9 Å². The molecule has 0 aromatic carbocycles. The second kappa shape index (κ2) is 6.67. The Morgan fingerprint density at radius 1 is 1.08 bits per heavy atom. The first-order valence-electron chi connectivity index (χ1n) is 10.1. The van der Waals surface area contributed by atoms with Crippen molar-refractivity contribution in [1.82, 2.24) is 0 Å². The van der Waals surface area contributed by atoms with Gasteiger partial charge in [-0.05, 0) is 0 Å². The molecule has 3 aliphatic carbocycles. The Morgan fingerprint density at radius 2 is 1.75 bits per heavy atom. The van der Waals surface area contributed by atoms with Gasteiger partial charge in [-0.15, -0.1) is 0 Å². The van der Waals surface area contributed by atoms with Gasteiger partial charge < -0.3 is 0 Å². The Balaban J connectivity index is 1.97. The number of fused-ring (bicyclic) bond motifs is 1. The van der Waals surface area contributed by atoms with Crippen LogP contribution in [0.5, 0.6) is 0 Å². The molecule has 0 bridgehead atoms. The minimum absolute atomic E-state index is 0.335.